The summed E-state index contributed by atoms with van der Waals surface area (Å²) in [5, 5.41) is 0. The fourth-order valence-corrected chi connectivity index (χ4v) is 4.50. The van der Waals surface area contributed by atoms with Gasteiger partial charge in [-0.05, 0) is 31.9 Å². The second kappa shape index (κ2) is 7.05. The molecule has 2 aliphatic rings. The van der Waals surface area contributed by atoms with E-state index in [-0.39, 0.29) is 0 Å². The van der Waals surface area contributed by atoms with Crippen molar-refractivity contribution in [3.8, 4) is 0 Å². The molecule has 3 nitrogen and oxygen atoms in total. The maximum atomic E-state index is 6.07. The van der Waals surface area contributed by atoms with Crippen molar-refractivity contribution in [2.24, 2.45) is 5.92 Å². The minimum atomic E-state index is 0.352. The third kappa shape index (κ3) is 3.57. The van der Waals surface area contributed by atoms with Crippen LogP contribution < -0.4 is 0 Å². The first-order valence-electron chi connectivity index (χ1n) is 7.87. The molecule has 4 heteroatoms. The molecule has 0 bridgehead atoms. The van der Waals surface area contributed by atoms with Gasteiger partial charge in [0.25, 0.3) is 0 Å². The highest BCUT2D eigenvalue weighted by Crippen LogP contribution is 2.36. The Morgan fingerprint density at radius 2 is 2.38 bits per heavy atom. The molecule has 0 amide bonds. The second-order valence-corrected chi connectivity index (χ2v) is 7.42. The van der Waals surface area contributed by atoms with Gasteiger partial charge in [-0.15, -0.1) is 17.9 Å². The highest BCUT2D eigenvalue weighted by Gasteiger charge is 2.42. The molecular formula is C17H25NO2S. The van der Waals surface area contributed by atoms with Crippen LogP contribution in [0.3, 0.4) is 0 Å². The monoisotopic (exact) mass is 307 g/mol. The van der Waals surface area contributed by atoms with Gasteiger partial charge in [0, 0.05) is 34.8 Å². The Morgan fingerprint density at radius 3 is 3.14 bits per heavy atom. The minimum Gasteiger partial charge on any atom is -0.377 e. The summed E-state index contributed by atoms with van der Waals surface area (Å²) in [6, 6.07) is 5.06. The number of rotatable bonds is 6. The summed E-state index contributed by atoms with van der Waals surface area (Å²) >= 11 is 1.91. The van der Waals surface area contributed by atoms with Gasteiger partial charge in [-0.1, -0.05) is 6.08 Å². The van der Waals surface area contributed by atoms with Crippen molar-refractivity contribution < 1.29 is 9.47 Å². The van der Waals surface area contributed by atoms with Crippen molar-refractivity contribution in [1.82, 2.24) is 4.90 Å². The van der Waals surface area contributed by atoms with E-state index in [1.54, 1.807) is 0 Å². The standard InChI is InChI=1S/C17H25NO2S/c1-3-9-19-12-14-5-7-16-17(14)20-10-8-18(16)11-15-6-4-13(2)21-15/h3-4,6,14,16-17H,1,5,7-12H2,2H3. The maximum absolute atomic E-state index is 6.07. The molecule has 1 aliphatic carbocycles. The molecule has 1 aromatic rings. The van der Waals surface area contributed by atoms with Crippen molar-refractivity contribution >= 4 is 11.3 Å². The molecule has 0 aromatic carbocycles. The maximum Gasteiger partial charge on any atom is 0.0781 e. The van der Waals surface area contributed by atoms with Crippen LogP contribution in [0.25, 0.3) is 0 Å². The Kier molecular flexibility index (Phi) is 5.11. The number of hydrogen-bond acceptors (Lipinski definition) is 4. The topological polar surface area (TPSA) is 21.7 Å². The lowest BCUT2D eigenvalue weighted by molar-refractivity contribution is -0.0866. The molecule has 1 aliphatic heterocycles. The van der Waals surface area contributed by atoms with E-state index >= 15 is 0 Å². The first-order chi connectivity index (χ1) is 10.3. The smallest absolute Gasteiger partial charge is 0.0781 e. The molecular weight excluding hydrogens is 282 g/mol. The summed E-state index contributed by atoms with van der Waals surface area (Å²) in [6.45, 7) is 10.3. The van der Waals surface area contributed by atoms with Crippen LogP contribution in [-0.4, -0.2) is 43.4 Å². The van der Waals surface area contributed by atoms with Crippen molar-refractivity contribution in [2.45, 2.75) is 38.5 Å². The number of morpholine rings is 1. The van der Waals surface area contributed by atoms with Gasteiger partial charge in [-0.2, -0.15) is 0 Å². The lowest BCUT2D eigenvalue weighted by Crippen LogP contribution is -2.50. The molecule has 21 heavy (non-hydrogen) atoms. The van der Waals surface area contributed by atoms with Crippen LogP contribution in [0.15, 0.2) is 24.8 Å². The quantitative estimate of drug-likeness (QED) is 0.595. The van der Waals surface area contributed by atoms with Crippen LogP contribution in [0.2, 0.25) is 0 Å². The third-order valence-electron chi connectivity index (χ3n) is 4.56. The largest absolute Gasteiger partial charge is 0.377 e. The van der Waals surface area contributed by atoms with Gasteiger partial charge >= 0.3 is 0 Å². The Hall–Kier alpha value is -0.680. The Morgan fingerprint density at radius 1 is 1.48 bits per heavy atom. The number of thiophene rings is 1. The van der Waals surface area contributed by atoms with Gasteiger partial charge in [-0.25, -0.2) is 0 Å². The van der Waals surface area contributed by atoms with Crippen LogP contribution in [0.5, 0.6) is 0 Å². The average Bonchev–Trinajstić information content (AvgIpc) is 3.07. The number of nitrogens with zero attached hydrogens (tertiary/aromatic N) is 1. The highest BCUT2D eigenvalue weighted by atomic mass is 32.1. The van der Waals surface area contributed by atoms with Crippen LogP contribution in [0, 0.1) is 12.8 Å². The first-order valence-corrected chi connectivity index (χ1v) is 8.69. The molecule has 0 spiro atoms. The average molecular weight is 307 g/mol. The van der Waals surface area contributed by atoms with Gasteiger partial charge in [-0.3, -0.25) is 4.90 Å². The van der Waals surface area contributed by atoms with E-state index in [4.69, 9.17) is 9.47 Å². The molecule has 3 atom stereocenters. The Balaban J connectivity index is 1.59. The van der Waals surface area contributed by atoms with Crippen LogP contribution >= 0.6 is 11.3 Å². The summed E-state index contributed by atoms with van der Waals surface area (Å²) in [5.41, 5.74) is 0. The van der Waals surface area contributed by atoms with E-state index in [1.165, 1.54) is 22.6 Å². The zero-order valence-electron chi connectivity index (χ0n) is 12.8. The fourth-order valence-electron chi connectivity index (χ4n) is 3.58. The van der Waals surface area contributed by atoms with Crippen molar-refractivity contribution in [2.75, 3.05) is 26.4 Å². The number of hydrogen-bond donors (Lipinski definition) is 0. The molecule has 0 radical (unpaired) electrons. The Labute approximate surface area is 131 Å². The number of ether oxygens (including phenoxy) is 2. The first kappa shape index (κ1) is 15.2. The predicted molar refractivity (Wildman–Crippen MR) is 86.7 cm³/mol. The van der Waals surface area contributed by atoms with Crippen molar-refractivity contribution in [3.63, 3.8) is 0 Å². The van der Waals surface area contributed by atoms with Crippen LogP contribution in [0.1, 0.15) is 22.6 Å². The second-order valence-electron chi connectivity index (χ2n) is 6.05. The van der Waals surface area contributed by atoms with Gasteiger partial charge in [0.05, 0.1) is 25.9 Å². The van der Waals surface area contributed by atoms with E-state index < -0.39 is 0 Å². The summed E-state index contributed by atoms with van der Waals surface area (Å²) in [6.07, 6.45) is 4.62. The molecule has 3 unspecified atom stereocenters. The van der Waals surface area contributed by atoms with Gasteiger partial charge < -0.3 is 9.47 Å². The minimum absolute atomic E-state index is 0.352. The molecule has 0 N–H and O–H groups in total. The van der Waals surface area contributed by atoms with Gasteiger partial charge in [0.2, 0.25) is 0 Å². The van der Waals surface area contributed by atoms with Crippen LogP contribution in [-0.2, 0) is 16.0 Å². The Bertz CT molecular complexity index is 473. The van der Waals surface area contributed by atoms with E-state index in [2.05, 4.69) is 30.5 Å². The SMILES string of the molecule is C=CCOCC1CCC2C1OCCN2Cc1ccc(C)s1. The van der Waals surface area contributed by atoms with Crippen molar-refractivity contribution in [3.05, 3.63) is 34.5 Å². The third-order valence-corrected chi connectivity index (χ3v) is 5.54. The van der Waals surface area contributed by atoms with E-state index in [0.29, 0.717) is 24.7 Å². The zero-order chi connectivity index (χ0) is 14.7. The summed E-state index contributed by atoms with van der Waals surface area (Å²) in [7, 11) is 0. The summed E-state index contributed by atoms with van der Waals surface area (Å²) < 4.78 is 11.7. The fraction of sp³-hybridized carbons (Fsp3) is 0.647. The molecule has 1 saturated heterocycles. The molecule has 2 fully saturated rings. The summed E-state index contributed by atoms with van der Waals surface area (Å²) in [5.74, 6) is 0.544. The number of fused-ring (bicyclic) bond motifs is 1. The lowest BCUT2D eigenvalue weighted by atomic mass is 10.0. The highest BCUT2D eigenvalue weighted by molar-refractivity contribution is 7.11. The normalized spacial score (nSPS) is 29.5. The van der Waals surface area contributed by atoms with Crippen molar-refractivity contribution in [1.29, 1.82) is 0 Å². The van der Waals surface area contributed by atoms with E-state index in [9.17, 15) is 0 Å². The lowest BCUT2D eigenvalue weighted by Gasteiger charge is -2.39. The van der Waals surface area contributed by atoms with Gasteiger partial charge in [0.1, 0.15) is 0 Å². The molecule has 2 heterocycles. The molecule has 1 saturated carbocycles. The predicted octanol–water partition coefficient (Wildman–Crippen LogP) is 3.24. The zero-order valence-corrected chi connectivity index (χ0v) is 13.6. The van der Waals surface area contributed by atoms with E-state index in [0.717, 1.165) is 26.3 Å². The molecule has 3 rings (SSSR count). The van der Waals surface area contributed by atoms with E-state index in [1.807, 2.05) is 17.4 Å². The summed E-state index contributed by atoms with van der Waals surface area (Å²) in [4.78, 5) is 5.49. The number of aryl methyl sites for hydroxylation is 1. The molecule has 1 aromatic heterocycles. The van der Waals surface area contributed by atoms with Crippen LogP contribution in [0.4, 0.5) is 0 Å². The molecule has 116 valence electrons. The van der Waals surface area contributed by atoms with Gasteiger partial charge in [0.15, 0.2) is 0 Å².